The molecule has 3 aromatic rings. The van der Waals surface area contributed by atoms with E-state index in [1.54, 1.807) is 0 Å². The number of rotatable bonds is 16. The van der Waals surface area contributed by atoms with Gasteiger partial charge in [0.05, 0.1) is 12.6 Å². The van der Waals surface area contributed by atoms with Crippen molar-refractivity contribution in [1.82, 2.24) is 4.57 Å². The lowest BCUT2D eigenvalue weighted by atomic mass is 9.88. The molecule has 0 saturated carbocycles. The fourth-order valence-electron chi connectivity index (χ4n) is 5.15. The van der Waals surface area contributed by atoms with Crippen LogP contribution in [-0.4, -0.2) is 4.57 Å². The summed E-state index contributed by atoms with van der Waals surface area (Å²) in [7, 11) is 0. The molecule has 2 nitrogen and oxygen atoms in total. The molecule has 0 saturated heterocycles. The van der Waals surface area contributed by atoms with Gasteiger partial charge in [0.2, 0.25) is 0 Å². The monoisotopic (exact) mass is 459 g/mol. The largest absolute Gasteiger partial charge is 0.256 e. The van der Waals surface area contributed by atoms with Crippen molar-refractivity contribution in [3.05, 3.63) is 90.0 Å². The highest BCUT2D eigenvalue weighted by atomic mass is 15.2. The van der Waals surface area contributed by atoms with E-state index in [1.807, 2.05) is 0 Å². The van der Waals surface area contributed by atoms with E-state index in [0.717, 1.165) is 19.4 Å². The summed E-state index contributed by atoms with van der Waals surface area (Å²) in [6, 6.07) is 22.6. The molecule has 0 amide bonds. The number of aromatic nitrogens is 2. The lowest BCUT2D eigenvalue weighted by Crippen LogP contribution is -2.37. The molecular formula is C32H47N2+. The Balaban J connectivity index is 1.62. The van der Waals surface area contributed by atoms with Gasteiger partial charge in [-0.25, -0.2) is 9.13 Å². The van der Waals surface area contributed by atoms with Crippen molar-refractivity contribution in [2.45, 2.75) is 110 Å². The van der Waals surface area contributed by atoms with Crippen LogP contribution in [0.25, 0.3) is 0 Å². The van der Waals surface area contributed by atoms with Gasteiger partial charge in [-0.3, -0.25) is 0 Å². The lowest BCUT2D eigenvalue weighted by Gasteiger charge is -2.18. The third-order valence-corrected chi connectivity index (χ3v) is 7.16. The van der Waals surface area contributed by atoms with E-state index in [4.69, 9.17) is 0 Å². The van der Waals surface area contributed by atoms with E-state index >= 15 is 0 Å². The van der Waals surface area contributed by atoms with Gasteiger partial charge in [-0.05, 0) is 56.6 Å². The van der Waals surface area contributed by atoms with Crippen molar-refractivity contribution in [2.75, 3.05) is 0 Å². The first kappa shape index (κ1) is 26.3. The molecule has 2 aromatic carbocycles. The topological polar surface area (TPSA) is 8.81 Å². The van der Waals surface area contributed by atoms with Gasteiger partial charge in [0, 0.05) is 6.42 Å². The quantitative estimate of drug-likeness (QED) is 0.150. The number of hydrogen-bond donors (Lipinski definition) is 0. The summed E-state index contributed by atoms with van der Waals surface area (Å²) in [6.07, 6.45) is 19.0. The molecule has 0 unspecified atom stereocenters. The Kier molecular flexibility index (Phi) is 11.4. The molecule has 1 atom stereocenters. The van der Waals surface area contributed by atoms with Crippen LogP contribution < -0.4 is 4.57 Å². The van der Waals surface area contributed by atoms with E-state index < -0.39 is 0 Å². The number of hydrogen-bond acceptors (Lipinski definition) is 0. The molecule has 0 aliphatic carbocycles. The zero-order chi connectivity index (χ0) is 24.0. The van der Waals surface area contributed by atoms with Crippen molar-refractivity contribution in [3.63, 3.8) is 0 Å². The highest BCUT2D eigenvalue weighted by Gasteiger charge is 2.22. The summed E-state index contributed by atoms with van der Waals surface area (Å²) in [4.78, 5) is 0. The van der Waals surface area contributed by atoms with Gasteiger partial charge in [0.25, 0.3) is 5.82 Å². The number of unbranched alkanes of at least 4 members (excludes halogenated alkanes) is 7. The fourth-order valence-corrected chi connectivity index (χ4v) is 5.15. The second-order valence-electron chi connectivity index (χ2n) is 10.2. The van der Waals surface area contributed by atoms with E-state index in [0.29, 0.717) is 12.0 Å². The molecule has 0 fully saturated rings. The SMILES string of the molecule is CCCCCCCCCC[n+]1ccn(C(C)C)c1CC[C@@H](Cc1ccccc1)c1ccccc1. The van der Waals surface area contributed by atoms with Gasteiger partial charge >= 0.3 is 0 Å². The second kappa shape index (κ2) is 14.8. The van der Waals surface area contributed by atoms with E-state index in [2.05, 4.69) is 103 Å². The smallest absolute Gasteiger partial charge is 0.234 e. The van der Waals surface area contributed by atoms with E-state index in [-0.39, 0.29) is 0 Å². The number of benzene rings is 2. The van der Waals surface area contributed by atoms with Crippen molar-refractivity contribution >= 4 is 0 Å². The van der Waals surface area contributed by atoms with Crippen molar-refractivity contribution in [3.8, 4) is 0 Å². The molecule has 0 aliphatic rings. The zero-order valence-electron chi connectivity index (χ0n) is 22.0. The molecule has 3 rings (SSSR count). The van der Waals surface area contributed by atoms with Gasteiger partial charge in [0.15, 0.2) is 0 Å². The third kappa shape index (κ3) is 8.46. The lowest BCUT2D eigenvalue weighted by molar-refractivity contribution is -0.704. The molecule has 1 heterocycles. The summed E-state index contributed by atoms with van der Waals surface area (Å²) in [6.45, 7) is 8.06. The summed E-state index contributed by atoms with van der Waals surface area (Å²) >= 11 is 0. The standard InChI is InChI=1S/C32H47N2/c1-4-5-6-7-8-9-10-17-24-33-25-26-34(28(2)3)32(33)23-22-31(30-20-15-12-16-21-30)27-29-18-13-11-14-19-29/h11-16,18-21,25-26,28,31H,4-10,17,22-24,27H2,1-3H3/q+1/t31-/m0/s1. The minimum atomic E-state index is 0.499. The Bertz CT molecular complexity index is 911. The van der Waals surface area contributed by atoms with Crippen LogP contribution in [0.4, 0.5) is 0 Å². The highest BCUT2D eigenvalue weighted by Crippen LogP contribution is 2.26. The van der Waals surface area contributed by atoms with Crippen molar-refractivity contribution < 1.29 is 4.57 Å². The van der Waals surface area contributed by atoms with Crippen LogP contribution >= 0.6 is 0 Å². The van der Waals surface area contributed by atoms with Crippen LogP contribution in [0.3, 0.4) is 0 Å². The minimum Gasteiger partial charge on any atom is -0.234 e. The molecule has 34 heavy (non-hydrogen) atoms. The summed E-state index contributed by atoms with van der Waals surface area (Å²) in [5, 5.41) is 0. The van der Waals surface area contributed by atoms with Gasteiger partial charge < -0.3 is 0 Å². The number of nitrogens with zero attached hydrogens (tertiary/aromatic N) is 2. The summed E-state index contributed by atoms with van der Waals surface area (Å²) in [5.74, 6) is 2.03. The Morgan fingerprint density at radius 2 is 1.38 bits per heavy atom. The van der Waals surface area contributed by atoms with E-state index in [1.165, 1.54) is 74.7 Å². The first-order chi connectivity index (χ1) is 16.7. The molecule has 1 aromatic heterocycles. The molecular weight excluding hydrogens is 412 g/mol. The molecule has 0 radical (unpaired) electrons. The van der Waals surface area contributed by atoms with Crippen LogP contribution in [0.5, 0.6) is 0 Å². The maximum absolute atomic E-state index is 2.54. The highest BCUT2D eigenvalue weighted by molar-refractivity contribution is 5.24. The molecule has 0 spiro atoms. The first-order valence-electron chi connectivity index (χ1n) is 13.9. The molecule has 0 bridgehead atoms. The summed E-state index contributed by atoms with van der Waals surface area (Å²) in [5.41, 5.74) is 2.89. The predicted molar refractivity (Wildman–Crippen MR) is 145 cm³/mol. The van der Waals surface area contributed by atoms with Crippen molar-refractivity contribution in [1.29, 1.82) is 0 Å². The first-order valence-corrected chi connectivity index (χ1v) is 13.9. The maximum atomic E-state index is 2.54. The van der Waals surface area contributed by atoms with Crippen LogP contribution in [0.15, 0.2) is 73.1 Å². The Hall–Kier alpha value is -2.35. The van der Waals surface area contributed by atoms with Crippen LogP contribution in [0, 0.1) is 0 Å². The van der Waals surface area contributed by atoms with Gasteiger partial charge in [-0.15, -0.1) is 0 Å². The normalized spacial score (nSPS) is 12.4. The van der Waals surface area contributed by atoms with Gasteiger partial charge in [-0.2, -0.15) is 0 Å². The Morgan fingerprint density at radius 3 is 2.03 bits per heavy atom. The third-order valence-electron chi connectivity index (χ3n) is 7.16. The Labute approximate surface area is 209 Å². The van der Waals surface area contributed by atoms with Crippen LogP contribution in [0.1, 0.15) is 107 Å². The summed E-state index contributed by atoms with van der Waals surface area (Å²) < 4.78 is 5.04. The second-order valence-corrected chi connectivity index (χ2v) is 10.2. The van der Waals surface area contributed by atoms with E-state index in [9.17, 15) is 0 Å². The Morgan fingerprint density at radius 1 is 0.765 bits per heavy atom. The molecule has 0 N–H and O–H groups in total. The molecule has 2 heteroatoms. The number of aryl methyl sites for hydroxylation is 1. The van der Waals surface area contributed by atoms with Crippen LogP contribution in [-0.2, 0) is 19.4 Å². The average Bonchev–Trinajstić information content (AvgIpc) is 3.27. The number of imidazole rings is 1. The maximum Gasteiger partial charge on any atom is 0.256 e. The van der Waals surface area contributed by atoms with Gasteiger partial charge in [-0.1, -0.05) is 106 Å². The molecule has 184 valence electrons. The van der Waals surface area contributed by atoms with Crippen LogP contribution in [0.2, 0.25) is 0 Å². The van der Waals surface area contributed by atoms with Gasteiger partial charge in [0.1, 0.15) is 12.4 Å². The fraction of sp³-hybridized carbons (Fsp3) is 0.531. The molecule has 0 aliphatic heterocycles. The van der Waals surface area contributed by atoms with Crippen molar-refractivity contribution in [2.24, 2.45) is 0 Å². The minimum absolute atomic E-state index is 0.499. The predicted octanol–water partition coefficient (Wildman–Crippen LogP) is 8.46. The average molecular weight is 460 g/mol. The zero-order valence-corrected chi connectivity index (χ0v) is 22.0.